The first-order valence-electron chi connectivity index (χ1n) is 13.5. The topological polar surface area (TPSA) is 131 Å². The maximum absolute atomic E-state index is 13.4. The summed E-state index contributed by atoms with van der Waals surface area (Å²) >= 11 is 0. The van der Waals surface area contributed by atoms with E-state index >= 15 is 0 Å². The molecule has 0 aromatic heterocycles. The van der Waals surface area contributed by atoms with Gasteiger partial charge in [0.1, 0.15) is 5.76 Å². The van der Waals surface area contributed by atoms with Crippen molar-refractivity contribution >= 4 is 11.9 Å². The summed E-state index contributed by atoms with van der Waals surface area (Å²) in [6.07, 6.45) is 3.30. The molecule has 1 aromatic carbocycles. The molecule has 2 bridgehead atoms. The van der Waals surface area contributed by atoms with Gasteiger partial charge in [-0.3, -0.25) is 14.5 Å². The minimum atomic E-state index is -1.27. The van der Waals surface area contributed by atoms with E-state index in [2.05, 4.69) is 4.90 Å². The highest BCUT2D eigenvalue weighted by Gasteiger charge is 2.69. The van der Waals surface area contributed by atoms with E-state index in [0.29, 0.717) is 44.7 Å². The lowest BCUT2D eigenvalue weighted by molar-refractivity contribution is -0.153. The Hall–Kier alpha value is -2.78. The predicted molar refractivity (Wildman–Crippen MR) is 133 cm³/mol. The van der Waals surface area contributed by atoms with Crippen LogP contribution in [0.25, 0.3) is 0 Å². The first-order valence-corrected chi connectivity index (χ1v) is 13.5. The molecule has 0 radical (unpaired) electrons. The van der Waals surface area contributed by atoms with Crippen molar-refractivity contribution in [2.24, 2.45) is 11.8 Å². The molecular formula is C28H36N2O7. The quantitative estimate of drug-likeness (QED) is 0.349. The number of carbonyl (C=O) groups is 2. The Bertz CT molecular complexity index is 1180. The van der Waals surface area contributed by atoms with Gasteiger partial charge in [0.05, 0.1) is 22.5 Å². The van der Waals surface area contributed by atoms with Crippen LogP contribution in [-0.4, -0.2) is 86.0 Å². The van der Waals surface area contributed by atoms with E-state index in [9.17, 15) is 30.0 Å². The summed E-state index contributed by atoms with van der Waals surface area (Å²) in [6.45, 7) is 5.65. The van der Waals surface area contributed by atoms with Crippen LogP contribution in [0.1, 0.15) is 57.1 Å². The van der Waals surface area contributed by atoms with Crippen molar-refractivity contribution in [1.82, 2.24) is 9.80 Å². The van der Waals surface area contributed by atoms with Gasteiger partial charge in [-0.15, -0.1) is 0 Å². The van der Waals surface area contributed by atoms with Crippen LogP contribution < -0.4 is 4.74 Å². The number of aliphatic carboxylic acids is 1. The van der Waals surface area contributed by atoms with Crippen molar-refractivity contribution in [2.45, 2.75) is 75.5 Å². The number of amides is 1. The number of piperidine rings is 2. The summed E-state index contributed by atoms with van der Waals surface area (Å²) in [6, 6.07) is 3.33. The maximum Gasteiger partial charge on any atom is 0.306 e. The van der Waals surface area contributed by atoms with Crippen LogP contribution in [0.15, 0.2) is 23.5 Å². The Kier molecular flexibility index (Phi) is 5.55. The number of hydrogen-bond acceptors (Lipinski definition) is 7. The van der Waals surface area contributed by atoms with E-state index in [-0.39, 0.29) is 34.8 Å². The Morgan fingerprint density at radius 2 is 1.81 bits per heavy atom. The largest absolute Gasteiger partial charge is 0.508 e. The number of benzene rings is 1. The smallest absolute Gasteiger partial charge is 0.306 e. The summed E-state index contributed by atoms with van der Waals surface area (Å²) < 4.78 is 6.29. The Morgan fingerprint density at radius 1 is 1.11 bits per heavy atom. The minimum Gasteiger partial charge on any atom is -0.508 e. The molecule has 2 aliphatic carbocycles. The van der Waals surface area contributed by atoms with Crippen LogP contribution in [0.2, 0.25) is 0 Å². The molecule has 9 nitrogen and oxygen atoms in total. The second-order valence-electron chi connectivity index (χ2n) is 11.9. The second kappa shape index (κ2) is 8.36. The molecule has 5 aliphatic rings. The average Bonchev–Trinajstić information content (AvgIpc) is 3.61. The van der Waals surface area contributed by atoms with Crippen LogP contribution in [0.5, 0.6) is 11.5 Å². The zero-order valence-electron chi connectivity index (χ0n) is 21.4. The van der Waals surface area contributed by atoms with Crippen LogP contribution in [0.3, 0.4) is 0 Å². The van der Waals surface area contributed by atoms with Crippen LogP contribution in [-0.2, 0) is 21.4 Å². The molecule has 1 saturated carbocycles. The van der Waals surface area contributed by atoms with E-state index in [1.165, 1.54) is 12.8 Å². The number of carboxylic acids is 1. The molecule has 1 spiro atoms. The van der Waals surface area contributed by atoms with Gasteiger partial charge in [-0.25, -0.2) is 0 Å². The SMILES string of the molecule is C/C(C(=O)N1CCC(C(=O)O)CC1)=C(/O)[C@@H]1Oc2c(O)ccc3c2[C@@]12CCN(CC1CC1)[C@H](C3)[C@@]2(C)O. The van der Waals surface area contributed by atoms with Crippen LogP contribution >= 0.6 is 0 Å². The van der Waals surface area contributed by atoms with Crippen molar-refractivity contribution in [3.63, 3.8) is 0 Å². The number of phenols is 1. The van der Waals surface area contributed by atoms with Gasteiger partial charge in [-0.1, -0.05) is 6.07 Å². The van der Waals surface area contributed by atoms with Gasteiger partial charge < -0.3 is 30.1 Å². The number of carboxylic acid groups (broad SMARTS) is 1. The number of hydrogen-bond donors (Lipinski definition) is 4. The maximum atomic E-state index is 13.4. The predicted octanol–water partition coefficient (Wildman–Crippen LogP) is 2.34. The fourth-order valence-corrected chi connectivity index (χ4v) is 7.45. The Morgan fingerprint density at radius 3 is 2.46 bits per heavy atom. The number of aromatic hydroxyl groups is 1. The van der Waals surface area contributed by atoms with Crippen molar-refractivity contribution in [1.29, 1.82) is 0 Å². The van der Waals surface area contributed by atoms with Crippen molar-refractivity contribution in [3.8, 4) is 11.5 Å². The lowest BCUT2D eigenvalue weighted by atomic mass is 9.53. The molecule has 3 heterocycles. The van der Waals surface area contributed by atoms with Gasteiger partial charge in [-0.2, -0.15) is 0 Å². The highest BCUT2D eigenvalue weighted by atomic mass is 16.5. The van der Waals surface area contributed by atoms with Crippen molar-refractivity contribution in [3.05, 3.63) is 34.6 Å². The number of carbonyl (C=O) groups excluding carboxylic acids is 1. The zero-order valence-corrected chi connectivity index (χ0v) is 21.4. The first-order chi connectivity index (χ1) is 17.6. The summed E-state index contributed by atoms with van der Waals surface area (Å²) in [7, 11) is 0. The van der Waals surface area contributed by atoms with Gasteiger partial charge >= 0.3 is 5.97 Å². The number of aliphatic hydroxyl groups excluding tert-OH is 1. The average molecular weight is 513 g/mol. The number of aliphatic hydroxyl groups is 2. The van der Waals surface area contributed by atoms with E-state index in [1.807, 2.05) is 13.0 Å². The number of likely N-dealkylation sites (tertiary alicyclic amines) is 2. The number of fused-ring (bicyclic) bond motifs is 1. The first kappa shape index (κ1) is 24.6. The summed E-state index contributed by atoms with van der Waals surface area (Å²) in [5, 5.41) is 43.9. The zero-order chi connectivity index (χ0) is 26.3. The molecule has 6 rings (SSSR count). The summed E-state index contributed by atoms with van der Waals surface area (Å²) in [4.78, 5) is 28.7. The van der Waals surface area contributed by atoms with Gasteiger partial charge in [0.25, 0.3) is 5.91 Å². The van der Waals surface area contributed by atoms with Crippen molar-refractivity contribution < 1.29 is 34.8 Å². The van der Waals surface area contributed by atoms with Gasteiger partial charge in [0.15, 0.2) is 17.6 Å². The Balaban J connectivity index is 1.37. The monoisotopic (exact) mass is 512 g/mol. The van der Waals surface area contributed by atoms with Crippen LogP contribution in [0.4, 0.5) is 0 Å². The third-order valence-corrected chi connectivity index (χ3v) is 9.83. The van der Waals surface area contributed by atoms with E-state index in [4.69, 9.17) is 4.74 Å². The highest BCUT2D eigenvalue weighted by molar-refractivity contribution is 5.93. The van der Waals surface area contributed by atoms with E-state index < -0.39 is 29.0 Å². The van der Waals surface area contributed by atoms with E-state index in [1.54, 1.807) is 17.9 Å². The summed E-state index contributed by atoms with van der Waals surface area (Å²) in [5.74, 6) is -1.01. The highest BCUT2D eigenvalue weighted by Crippen LogP contribution is 2.63. The lowest BCUT2D eigenvalue weighted by Gasteiger charge is -2.59. The fourth-order valence-electron chi connectivity index (χ4n) is 7.45. The lowest BCUT2D eigenvalue weighted by Crippen LogP contribution is -2.73. The molecule has 0 unspecified atom stereocenters. The van der Waals surface area contributed by atoms with Gasteiger partial charge in [0, 0.05) is 31.2 Å². The van der Waals surface area contributed by atoms with Crippen molar-refractivity contribution in [2.75, 3.05) is 26.2 Å². The number of phenolic OH excluding ortho intramolecular Hbond substituents is 1. The molecule has 1 aromatic rings. The molecule has 4 N–H and O–H groups in total. The molecule has 200 valence electrons. The molecule has 3 aliphatic heterocycles. The standard InChI is InChI=1S/C28H36N2O7/c1-15(25(33)29-10-7-17(8-11-29)26(34)35)22(32)24-28-9-12-30(14-16-3-4-16)20(27(28,2)36)13-18-5-6-19(31)23(37-24)21(18)28/h5-6,16-17,20,24,31-32,36H,3-4,7-14H2,1-2H3,(H,34,35)/b22-15-/t20-,24+,27-,28+/m1/s1. The van der Waals surface area contributed by atoms with Gasteiger partial charge in [0.2, 0.25) is 0 Å². The normalized spacial score (nSPS) is 34.0. The summed E-state index contributed by atoms with van der Waals surface area (Å²) in [5.41, 5.74) is -0.408. The molecule has 2 saturated heterocycles. The second-order valence-corrected chi connectivity index (χ2v) is 11.9. The molecule has 9 heteroatoms. The molecule has 37 heavy (non-hydrogen) atoms. The molecule has 4 atom stereocenters. The van der Waals surface area contributed by atoms with E-state index in [0.717, 1.165) is 24.2 Å². The van der Waals surface area contributed by atoms with Crippen LogP contribution in [0, 0.1) is 11.8 Å². The van der Waals surface area contributed by atoms with Gasteiger partial charge in [-0.05, 0) is 76.5 Å². The third kappa shape index (κ3) is 3.50. The third-order valence-electron chi connectivity index (χ3n) is 9.83. The number of ether oxygens (including phenoxy) is 1. The Labute approximate surface area is 216 Å². The molecule has 1 amide bonds. The molecule has 3 fully saturated rings. The number of rotatable bonds is 5. The fraction of sp³-hybridized carbons (Fsp3) is 0.643. The molecular weight excluding hydrogens is 476 g/mol. The number of nitrogens with zero attached hydrogens (tertiary/aromatic N) is 2. The minimum absolute atomic E-state index is 0.0391.